The summed E-state index contributed by atoms with van der Waals surface area (Å²) in [5, 5.41) is 2.08. The van der Waals surface area contributed by atoms with Gasteiger partial charge in [0.2, 0.25) is 0 Å². The minimum Gasteiger partial charge on any atom is -0.341 e. The van der Waals surface area contributed by atoms with Crippen molar-refractivity contribution in [1.82, 2.24) is 14.4 Å². The lowest BCUT2D eigenvalue weighted by Crippen LogP contribution is -2.35. The first-order valence-corrected chi connectivity index (χ1v) is 9.74. The van der Waals surface area contributed by atoms with Crippen LogP contribution in [-0.4, -0.2) is 48.1 Å². The first-order valence-electron chi connectivity index (χ1n) is 9.36. The van der Waals surface area contributed by atoms with E-state index in [1.54, 1.807) is 0 Å². The molecule has 1 aliphatic heterocycles. The predicted octanol–water partition coefficient (Wildman–Crippen LogP) is 4.73. The first-order chi connectivity index (χ1) is 12.6. The van der Waals surface area contributed by atoms with E-state index in [0.717, 1.165) is 37.7 Å². The molecule has 0 fully saturated rings. The highest BCUT2D eigenvalue weighted by atomic mass is 35.5. The van der Waals surface area contributed by atoms with Crippen molar-refractivity contribution >= 4 is 22.5 Å². The third kappa shape index (κ3) is 3.39. The second-order valence-corrected chi connectivity index (χ2v) is 7.87. The molecule has 136 valence electrons. The number of benzene rings is 2. The van der Waals surface area contributed by atoms with Gasteiger partial charge in [-0.3, -0.25) is 4.90 Å². The third-order valence-corrected chi connectivity index (χ3v) is 5.52. The molecule has 1 aromatic heterocycles. The standard InChI is InChI=1S/C22H26ClN3/c1-24(2)11-6-12-25-13-14-26-20-10-9-18(23)15-19(20)22(21(26)16-25)17-7-4-3-5-8-17/h3-5,7-10,15H,6,11-14,16H2,1-2H3. The molecule has 0 bridgehead atoms. The zero-order chi connectivity index (χ0) is 18.1. The van der Waals surface area contributed by atoms with E-state index in [9.17, 15) is 0 Å². The van der Waals surface area contributed by atoms with Crippen LogP contribution in [0.1, 0.15) is 12.1 Å². The third-order valence-electron chi connectivity index (χ3n) is 5.29. The molecular formula is C22H26ClN3. The molecule has 4 heteroatoms. The number of fused-ring (bicyclic) bond motifs is 3. The molecule has 1 aliphatic rings. The fraction of sp³-hybridized carbons (Fsp3) is 0.364. The maximum absolute atomic E-state index is 6.34. The first kappa shape index (κ1) is 17.6. The van der Waals surface area contributed by atoms with Gasteiger partial charge in [0.25, 0.3) is 0 Å². The summed E-state index contributed by atoms with van der Waals surface area (Å²) in [6.45, 7) is 5.45. The monoisotopic (exact) mass is 367 g/mol. The average Bonchev–Trinajstić information content (AvgIpc) is 2.94. The largest absolute Gasteiger partial charge is 0.341 e. The van der Waals surface area contributed by atoms with Crippen molar-refractivity contribution in [3.63, 3.8) is 0 Å². The van der Waals surface area contributed by atoms with Gasteiger partial charge in [0.1, 0.15) is 0 Å². The van der Waals surface area contributed by atoms with Gasteiger partial charge < -0.3 is 9.47 Å². The molecule has 0 aliphatic carbocycles. The lowest BCUT2D eigenvalue weighted by atomic mass is 10.0. The van der Waals surface area contributed by atoms with Gasteiger partial charge in [-0.15, -0.1) is 0 Å². The van der Waals surface area contributed by atoms with Gasteiger partial charge in [-0.05, 0) is 57.4 Å². The topological polar surface area (TPSA) is 11.4 Å². The van der Waals surface area contributed by atoms with E-state index < -0.39 is 0 Å². The number of aromatic nitrogens is 1. The molecule has 26 heavy (non-hydrogen) atoms. The Kier molecular flexibility index (Phi) is 5.03. The zero-order valence-electron chi connectivity index (χ0n) is 15.6. The van der Waals surface area contributed by atoms with E-state index in [4.69, 9.17) is 11.6 Å². The molecular weight excluding hydrogens is 342 g/mol. The molecule has 0 N–H and O–H groups in total. The molecule has 0 amide bonds. The van der Waals surface area contributed by atoms with E-state index >= 15 is 0 Å². The summed E-state index contributed by atoms with van der Waals surface area (Å²) in [7, 11) is 4.29. The number of nitrogens with zero attached hydrogens (tertiary/aromatic N) is 3. The molecule has 2 heterocycles. The summed E-state index contributed by atoms with van der Waals surface area (Å²) in [6, 6.07) is 17.0. The minimum absolute atomic E-state index is 0.806. The highest BCUT2D eigenvalue weighted by Gasteiger charge is 2.24. The van der Waals surface area contributed by atoms with E-state index in [-0.39, 0.29) is 0 Å². The molecule has 0 saturated carbocycles. The summed E-state index contributed by atoms with van der Waals surface area (Å²) in [5.41, 5.74) is 5.35. The van der Waals surface area contributed by atoms with Crippen LogP contribution in [0.2, 0.25) is 5.02 Å². The number of halogens is 1. The Hall–Kier alpha value is -1.81. The molecule has 0 atom stereocenters. The van der Waals surface area contributed by atoms with Crippen LogP contribution in [0.5, 0.6) is 0 Å². The van der Waals surface area contributed by atoms with E-state index in [2.05, 4.69) is 70.9 Å². The number of rotatable bonds is 5. The molecule has 3 aromatic rings. The Morgan fingerprint density at radius 3 is 2.62 bits per heavy atom. The van der Waals surface area contributed by atoms with Crippen LogP contribution in [0.15, 0.2) is 48.5 Å². The lowest BCUT2D eigenvalue weighted by molar-refractivity contribution is 0.212. The van der Waals surface area contributed by atoms with Crippen molar-refractivity contribution < 1.29 is 0 Å². The second kappa shape index (κ2) is 7.43. The lowest BCUT2D eigenvalue weighted by Gasteiger charge is -2.30. The van der Waals surface area contributed by atoms with Gasteiger partial charge in [-0.2, -0.15) is 0 Å². The Morgan fingerprint density at radius 1 is 1.04 bits per heavy atom. The van der Waals surface area contributed by atoms with E-state index in [1.807, 2.05) is 6.07 Å². The summed E-state index contributed by atoms with van der Waals surface area (Å²) < 4.78 is 2.50. The van der Waals surface area contributed by atoms with Crippen LogP contribution in [0.3, 0.4) is 0 Å². The molecule has 0 unspecified atom stereocenters. The van der Waals surface area contributed by atoms with Gasteiger partial charge in [-0.1, -0.05) is 41.9 Å². The maximum Gasteiger partial charge on any atom is 0.0490 e. The van der Waals surface area contributed by atoms with Crippen LogP contribution in [0.25, 0.3) is 22.0 Å². The maximum atomic E-state index is 6.34. The molecule has 2 aromatic carbocycles. The van der Waals surface area contributed by atoms with Crippen molar-refractivity contribution in [3.05, 3.63) is 59.2 Å². The molecule has 4 rings (SSSR count). The van der Waals surface area contributed by atoms with Gasteiger partial charge in [0, 0.05) is 46.8 Å². The fourth-order valence-corrected chi connectivity index (χ4v) is 4.23. The van der Waals surface area contributed by atoms with Gasteiger partial charge in [0.15, 0.2) is 0 Å². The van der Waals surface area contributed by atoms with Gasteiger partial charge in [0.05, 0.1) is 0 Å². The quantitative estimate of drug-likeness (QED) is 0.646. The Labute approximate surface area is 160 Å². The molecule has 0 radical (unpaired) electrons. The van der Waals surface area contributed by atoms with Crippen LogP contribution < -0.4 is 0 Å². The SMILES string of the molecule is CN(C)CCCN1CCn2c(c(-c3ccccc3)c3cc(Cl)ccc32)C1. The van der Waals surface area contributed by atoms with E-state index in [1.165, 1.54) is 34.1 Å². The van der Waals surface area contributed by atoms with Crippen LogP contribution >= 0.6 is 11.6 Å². The van der Waals surface area contributed by atoms with Crippen molar-refractivity contribution in [2.75, 3.05) is 33.7 Å². The summed E-state index contributed by atoms with van der Waals surface area (Å²) in [4.78, 5) is 4.85. The average molecular weight is 368 g/mol. The molecule has 3 nitrogen and oxygen atoms in total. The Bertz CT molecular complexity index is 899. The van der Waals surface area contributed by atoms with Crippen LogP contribution in [0.4, 0.5) is 0 Å². The fourth-order valence-electron chi connectivity index (χ4n) is 4.06. The Balaban J connectivity index is 1.74. The zero-order valence-corrected chi connectivity index (χ0v) is 16.3. The Morgan fingerprint density at radius 2 is 1.85 bits per heavy atom. The van der Waals surface area contributed by atoms with Crippen LogP contribution in [-0.2, 0) is 13.1 Å². The highest BCUT2D eigenvalue weighted by Crippen LogP contribution is 2.38. The molecule has 0 spiro atoms. The van der Waals surface area contributed by atoms with E-state index in [0.29, 0.717) is 0 Å². The van der Waals surface area contributed by atoms with Gasteiger partial charge in [-0.25, -0.2) is 0 Å². The van der Waals surface area contributed by atoms with Crippen molar-refractivity contribution in [2.24, 2.45) is 0 Å². The van der Waals surface area contributed by atoms with Crippen molar-refractivity contribution in [1.29, 1.82) is 0 Å². The van der Waals surface area contributed by atoms with Crippen molar-refractivity contribution in [2.45, 2.75) is 19.5 Å². The second-order valence-electron chi connectivity index (χ2n) is 7.43. The normalized spacial score (nSPS) is 14.9. The molecule has 0 saturated heterocycles. The summed E-state index contributed by atoms with van der Waals surface area (Å²) in [5.74, 6) is 0. The predicted molar refractivity (Wildman–Crippen MR) is 111 cm³/mol. The summed E-state index contributed by atoms with van der Waals surface area (Å²) in [6.07, 6.45) is 1.21. The number of hydrogen-bond acceptors (Lipinski definition) is 2. The smallest absolute Gasteiger partial charge is 0.0490 e. The number of hydrogen-bond donors (Lipinski definition) is 0. The van der Waals surface area contributed by atoms with Crippen molar-refractivity contribution in [3.8, 4) is 11.1 Å². The van der Waals surface area contributed by atoms with Gasteiger partial charge >= 0.3 is 0 Å². The highest BCUT2D eigenvalue weighted by molar-refractivity contribution is 6.31. The van der Waals surface area contributed by atoms with Crippen LogP contribution in [0, 0.1) is 0 Å². The minimum atomic E-state index is 0.806. The summed E-state index contributed by atoms with van der Waals surface area (Å²) >= 11 is 6.34.